The van der Waals surface area contributed by atoms with E-state index in [9.17, 15) is 19.0 Å². The molecular formula is C67H120N2O7P+. The van der Waals surface area contributed by atoms with Gasteiger partial charge in [-0.05, 0) is 102 Å². The Morgan fingerprint density at radius 2 is 0.870 bits per heavy atom. The van der Waals surface area contributed by atoms with Crippen molar-refractivity contribution in [3.63, 3.8) is 0 Å². The molecule has 0 saturated heterocycles. The van der Waals surface area contributed by atoms with Crippen molar-refractivity contribution in [1.82, 2.24) is 5.32 Å². The molecule has 0 aromatic rings. The van der Waals surface area contributed by atoms with Crippen LogP contribution in [0, 0.1) is 0 Å². The summed E-state index contributed by atoms with van der Waals surface area (Å²) in [5, 5.41) is 3.04. The van der Waals surface area contributed by atoms with Gasteiger partial charge in [0, 0.05) is 12.8 Å². The predicted octanol–water partition coefficient (Wildman–Crippen LogP) is 19.6. The summed E-state index contributed by atoms with van der Waals surface area (Å²) >= 11 is 0. The fourth-order valence-corrected chi connectivity index (χ4v) is 9.40. The first-order valence-corrected chi connectivity index (χ1v) is 33.1. The maximum atomic E-state index is 13.5. The number of rotatable bonds is 56. The molecule has 3 atom stereocenters. The second-order valence-electron chi connectivity index (χ2n) is 22.2. The van der Waals surface area contributed by atoms with Crippen LogP contribution in [-0.4, -0.2) is 74.3 Å². The van der Waals surface area contributed by atoms with Crippen LogP contribution in [0.3, 0.4) is 0 Å². The molecule has 0 rings (SSSR count). The van der Waals surface area contributed by atoms with Crippen LogP contribution in [0.1, 0.15) is 265 Å². The summed E-state index contributed by atoms with van der Waals surface area (Å²) in [6.45, 7) is 6.85. The van der Waals surface area contributed by atoms with Gasteiger partial charge in [0.15, 0.2) is 0 Å². The van der Waals surface area contributed by atoms with E-state index >= 15 is 0 Å². The molecule has 0 fully saturated rings. The Bertz CT molecular complexity index is 1640. The lowest BCUT2D eigenvalue weighted by atomic mass is 10.0. The lowest BCUT2D eigenvalue weighted by molar-refractivity contribution is -0.870. The smallest absolute Gasteiger partial charge is 0.456 e. The van der Waals surface area contributed by atoms with Crippen LogP contribution in [0.5, 0.6) is 0 Å². The van der Waals surface area contributed by atoms with Gasteiger partial charge in [-0.15, -0.1) is 0 Å². The van der Waals surface area contributed by atoms with E-state index in [1.807, 2.05) is 33.3 Å². The number of hydrogen-bond donors (Lipinski definition) is 2. The van der Waals surface area contributed by atoms with E-state index in [-0.39, 0.29) is 31.5 Å². The SMILES string of the molecule is CC/C=C\C/C=C\C/C=C\C/C=C\C/C=C\CCCCCCCCCCCC(=O)OC(/C=C\CCCCCCCCCCC)C(COP(=O)(O)OCC[N+](C)(C)C)NC(=O)CCCCCCCC/C=C/C=C/CCCCC. The Morgan fingerprint density at radius 1 is 0.481 bits per heavy atom. The van der Waals surface area contributed by atoms with Crippen molar-refractivity contribution in [2.24, 2.45) is 0 Å². The maximum Gasteiger partial charge on any atom is 0.472 e. The number of amides is 1. The topological polar surface area (TPSA) is 111 Å². The van der Waals surface area contributed by atoms with Gasteiger partial charge in [0.1, 0.15) is 19.3 Å². The van der Waals surface area contributed by atoms with Crippen LogP contribution >= 0.6 is 7.82 Å². The van der Waals surface area contributed by atoms with Crippen molar-refractivity contribution in [2.45, 2.75) is 277 Å². The number of nitrogens with zero attached hydrogens (tertiary/aromatic N) is 1. The van der Waals surface area contributed by atoms with Gasteiger partial charge in [0.05, 0.1) is 33.8 Å². The number of nitrogens with one attached hydrogen (secondary N) is 1. The number of carbonyl (C=O) groups is 2. The number of esters is 1. The van der Waals surface area contributed by atoms with Gasteiger partial charge in [-0.3, -0.25) is 18.6 Å². The van der Waals surface area contributed by atoms with Crippen molar-refractivity contribution < 1.29 is 37.3 Å². The summed E-state index contributed by atoms with van der Waals surface area (Å²) < 4.78 is 30.7. The summed E-state index contributed by atoms with van der Waals surface area (Å²) in [5.41, 5.74) is 0. The molecule has 0 aliphatic carbocycles. The molecule has 10 heteroatoms. The number of unbranched alkanes of at least 4 members (excludes halogenated alkanes) is 27. The minimum absolute atomic E-state index is 0.0328. The number of phosphoric ester groups is 1. The molecule has 0 aromatic carbocycles. The molecule has 2 N–H and O–H groups in total. The van der Waals surface area contributed by atoms with E-state index in [0.717, 1.165) is 128 Å². The van der Waals surface area contributed by atoms with Crippen LogP contribution in [-0.2, 0) is 27.9 Å². The Hall–Kier alpha value is -3.07. The third-order valence-corrected chi connectivity index (χ3v) is 14.5. The molecule has 0 heterocycles. The van der Waals surface area contributed by atoms with Crippen LogP contribution in [0.15, 0.2) is 97.2 Å². The molecule has 0 saturated carbocycles. The largest absolute Gasteiger partial charge is 0.472 e. The fraction of sp³-hybridized carbons (Fsp3) is 0.731. The van der Waals surface area contributed by atoms with Crippen molar-refractivity contribution >= 4 is 19.7 Å². The zero-order chi connectivity index (χ0) is 56.4. The number of phosphoric acid groups is 1. The van der Waals surface area contributed by atoms with Crippen LogP contribution in [0.4, 0.5) is 0 Å². The van der Waals surface area contributed by atoms with Crippen molar-refractivity contribution in [3.05, 3.63) is 97.2 Å². The summed E-state index contributed by atoms with van der Waals surface area (Å²) in [5.74, 6) is -0.529. The summed E-state index contributed by atoms with van der Waals surface area (Å²) in [4.78, 5) is 37.7. The zero-order valence-electron chi connectivity index (χ0n) is 50.7. The minimum atomic E-state index is -4.46. The molecule has 0 aromatic heterocycles. The van der Waals surface area contributed by atoms with E-state index in [0.29, 0.717) is 17.4 Å². The number of quaternary nitrogens is 1. The number of allylic oxidation sites excluding steroid dienone is 15. The van der Waals surface area contributed by atoms with E-state index in [2.05, 4.69) is 111 Å². The first kappa shape index (κ1) is 73.9. The average molecular weight is 1100 g/mol. The molecule has 0 radical (unpaired) electrons. The lowest BCUT2D eigenvalue weighted by Crippen LogP contribution is -2.47. The molecule has 1 amide bonds. The third-order valence-electron chi connectivity index (χ3n) is 13.5. The standard InChI is InChI=1S/C67H119N2O7P/c1-7-10-13-16-19-22-25-27-29-30-31-32-33-34-35-36-37-38-40-42-45-48-51-54-57-60-67(71)76-65(58-55-52-49-46-43-24-21-18-15-12-9-3)64(63-75-77(72,73)74-62-61-69(4,5)6)68-66(70)59-56-53-50-47-44-41-39-28-26-23-20-17-14-11-8-2/h10,13,19-20,22-23,26-29,31-32,34-35,55,58,64-65H,7-9,11-12,14-18,21,24-25,30,33,36-54,56-57,59-63H2,1-6H3,(H-,68,70,72,73)/p+1/b13-10-,22-19-,23-20+,28-26+,29-27-,32-31-,35-34-,58-55-. The van der Waals surface area contributed by atoms with Gasteiger partial charge in [-0.2, -0.15) is 0 Å². The van der Waals surface area contributed by atoms with Gasteiger partial charge in [0.2, 0.25) is 5.91 Å². The van der Waals surface area contributed by atoms with E-state index in [1.165, 1.54) is 103 Å². The number of carbonyl (C=O) groups excluding carboxylic acids is 2. The molecule has 9 nitrogen and oxygen atoms in total. The molecule has 0 spiro atoms. The highest BCUT2D eigenvalue weighted by Gasteiger charge is 2.30. The first-order valence-electron chi connectivity index (χ1n) is 31.6. The average Bonchev–Trinajstić information content (AvgIpc) is 3.39. The molecule has 0 aliphatic heterocycles. The quantitative estimate of drug-likeness (QED) is 0.0156. The summed E-state index contributed by atoms with van der Waals surface area (Å²) in [6.07, 6.45) is 75.5. The van der Waals surface area contributed by atoms with E-state index in [1.54, 1.807) is 0 Å². The highest BCUT2D eigenvalue weighted by Crippen LogP contribution is 2.43. The minimum Gasteiger partial charge on any atom is -0.456 e. The van der Waals surface area contributed by atoms with Crippen LogP contribution in [0.25, 0.3) is 0 Å². The van der Waals surface area contributed by atoms with Crippen molar-refractivity contribution in [1.29, 1.82) is 0 Å². The molecular weight excluding hydrogens is 976 g/mol. The number of ether oxygens (including phenoxy) is 1. The summed E-state index contributed by atoms with van der Waals surface area (Å²) in [7, 11) is 1.47. The second-order valence-corrected chi connectivity index (χ2v) is 23.7. The molecule has 77 heavy (non-hydrogen) atoms. The number of hydrogen-bond acceptors (Lipinski definition) is 6. The molecule has 0 aliphatic rings. The number of likely N-dealkylation sites (N-methyl/N-ethyl adjacent to an activating group) is 1. The lowest BCUT2D eigenvalue weighted by Gasteiger charge is -2.27. The molecule has 444 valence electrons. The van der Waals surface area contributed by atoms with Gasteiger partial charge in [0.25, 0.3) is 0 Å². The fourth-order valence-electron chi connectivity index (χ4n) is 8.66. The Kier molecular flexibility index (Phi) is 54.0. The second kappa shape index (κ2) is 56.2. The van der Waals surface area contributed by atoms with Gasteiger partial charge in [-0.1, -0.05) is 247 Å². The van der Waals surface area contributed by atoms with Gasteiger partial charge in [-0.25, -0.2) is 4.57 Å². The van der Waals surface area contributed by atoms with Crippen LogP contribution < -0.4 is 5.32 Å². The van der Waals surface area contributed by atoms with Crippen LogP contribution in [0.2, 0.25) is 0 Å². The first-order chi connectivity index (χ1) is 37.4. The van der Waals surface area contributed by atoms with E-state index in [4.69, 9.17) is 13.8 Å². The van der Waals surface area contributed by atoms with E-state index < -0.39 is 20.0 Å². The highest BCUT2D eigenvalue weighted by molar-refractivity contribution is 7.47. The Balaban J connectivity index is 5.15. The van der Waals surface area contributed by atoms with Gasteiger partial charge < -0.3 is 19.4 Å². The molecule has 0 bridgehead atoms. The van der Waals surface area contributed by atoms with Gasteiger partial charge >= 0.3 is 13.8 Å². The molecule has 3 unspecified atom stereocenters. The Morgan fingerprint density at radius 3 is 1.35 bits per heavy atom. The highest BCUT2D eigenvalue weighted by atomic mass is 31.2. The maximum absolute atomic E-state index is 13.5. The monoisotopic (exact) mass is 1100 g/mol. The third kappa shape index (κ3) is 57.4. The normalized spacial score (nSPS) is 14.3. The summed E-state index contributed by atoms with van der Waals surface area (Å²) in [6, 6.07) is -0.861. The zero-order valence-corrected chi connectivity index (χ0v) is 51.6. The van der Waals surface area contributed by atoms with Crippen molar-refractivity contribution in [2.75, 3.05) is 40.9 Å². The Labute approximate surface area is 475 Å². The predicted molar refractivity (Wildman–Crippen MR) is 332 cm³/mol. The van der Waals surface area contributed by atoms with Crippen molar-refractivity contribution in [3.8, 4) is 0 Å².